The highest BCUT2D eigenvalue weighted by Crippen LogP contribution is 2.44. The fourth-order valence-electron chi connectivity index (χ4n) is 4.13. The van der Waals surface area contributed by atoms with E-state index in [0.29, 0.717) is 10.9 Å². The minimum Gasteiger partial charge on any atom is -0.391 e. The lowest BCUT2D eigenvalue weighted by Crippen LogP contribution is -2.36. The van der Waals surface area contributed by atoms with E-state index in [1.54, 1.807) is 18.2 Å². The summed E-state index contributed by atoms with van der Waals surface area (Å²) in [6.45, 7) is 1.42. The van der Waals surface area contributed by atoms with Crippen molar-refractivity contribution in [1.29, 1.82) is 0 Å². The lowest BCUT2D eigenvalue weighted by atomic mass is 9.84. The topological polar surface area (TPSA) is 147 Å². The Morgan fingerprint density at radius 2 is 1.81 bits per heavy atom. The third-order valence-electron chi connectivity index (χ3n) is 6.17. The maximum atomic E-state index is 13.6. The quantitative estimate of drug-likeness (QED) is 0.379. The van der Waals surface area contributed by atoms with Gasteiger partial charge in [-0.3, -0.25) is 4.79 Å². The molecule has 4 aromatic rings. The third-order valence-corrected chi connectivity index (χ3v) is 6.17. The molecule has 0 saturated heterocycles. The highest BCUT2D eigenvalue weighted by atomic mass is 19.4. The van der Waals surface area contributed by atoms with Crippen molar-refractivity contribution >= 4 is 28.4 Å². The fourth-order valence-corrected chi connectivity index (χ4v) is 4.13. The Bertz CT molecular complexity index is 1620. The van der Waals surface area contributed by atoms with Crippen molar-refractivity contribution in [3.63, 3.8) is 0 Å². The second-order valence-corrected chi connectivity index (χ2v) is 8.59. The molecule has 0 fully saturated rings. The van der Waals surface area contributed by atoms with Crippen molar-refractivity contribution in [1.82, 2.24) is 29.5 Å². The van der Waals surface area contributed by atoms with Crippen LogP contribution in [0.15, 0.2) is 33.5 Å². The molecule has 1 amide bonds. The smallest absolute Gasteiger partial charge is 0.391 e. The number of anilines is 2. The summed E-state index contributed by atoms with van der Waals surface area (Å²) in [7, 11) is 1.33. The first-order chi connectivity index (χ1) is 17.2. The predicted molar refractivity (Wildman–Crippen MR) is 117 cm³/mol. The zero-order valence-corrected chi connectivity index (χ0v) is 19.1. The summed E-state index contributed by atoms with van der Waals surface area (Å²) in [5.41, 5.74) is 4.91. The molecule has 1 aromatic carbocycles. The lowest BCUT2D eigenvalue weighted by Gasteiger charge is -2.18. The minimum absolute atomic E-state index is 0.0342. The van der Waals surface area contributed by atoms with Crippen molar-refractivity contribution in [2.75, 3.05) is 11.1 Å². The summed E-state index contributed by atoms with van der Waals surface area (Å²) in [5.74, 6) is -7.00. The number of fused-ring (bicyclic) bond motifs is 2. The normalized spacial score (nSPS) is 17.9. The van der Waals surface area contributed by atoms with Crippen molar-refractivity contribution in [2.24, 2.45) is 7.05 Å². The molecule has 0 saturated carbocycles. The zero-order chi connectivity index (χ0) is 26.9. The molecule has 1 aliphatic rings. The van der Waals surface area contributed by atoms with Gasteiger partial charge in [0.1, 0.15) is 11.6 Å². The first-order valence-corrected chi connectivity index (χ1v) is 10.7. The molecule has 0 bridgehead atoms. The van der Waals surface area contributed by atoms with Crippen LogP contribution in [0.3, 0.4) is 0 Å². The first-order valence-electron chi connectivity index (χ1n) is 10.7. The molecular weight excluding hydrogens is 507 g/mol. The van der Waals surface area contributed by atoms with E-state index in [4.69, 9.17) is 10.2 Å². The van der Waals surface area contributed by atoms with E-state index in [9.17, 15) is 31.5 Å². The Morgan fingerprint density at radius 1 is 1.11 bits per heavy atom. The highest BCUT2D eigenvalue weighted by Gasteiger charge is 2.56. The van der Waals surface area contributed by atoms with Gasteiger partial charge in [0.05, 0.1) is 16.8 Å². The van der Waals surface area contributed by atoms with Crippen LogP contribution in [-0.2, 0) is 23.7 Å². The number of halogens is 5. The molecule has 3 N–H and O–H groups in total. The summed E-state index contributed by atoms with van der Waals surface area (Å²) in [4.78, 5) is 33.2. The molecule has 16 heteroatoms. The molecule has 1 aliphatic heterocycles. The summed E-state index contributed by atoms with van der Waals surface area (Å²) < 4.78 is 72.2. The number of amides is 1. The van der Waals surface area contributed by atoms with E-state index in [1.807, 2.05) is 0 Å². The van der Waals surface area contributed by atoms with Crippen LogP contribution in [0.1, 0.15) is 30.5 Å². The van der Waals surface area contributed by atoms with Crippen molar-refractivity contribution in [2.45, 2.75) is 37.3 Å². The van der Waals surface area contributed by atoms with E-state index in [-0.39, 0.29) is 34.7 Å². The summed E-state index contributed by atoms with van der Waals surface area (Å²) >= 11 is 0. The number of carbonyl (C=O) groups excluding carboxylic acids is 1. The monoisotopic (exact) mass is 524 g/mol. The Morgan fingerprint density at radius 3 is 2.46 bits per heavy atom. The van der Waals surface area contributed by atoms with Gasteiger partial charge in [-0.05, 0) is 19.4 Å². The maximum Gasteiger partial charge on any atom is 0.453 e. The number of nitrogens with two attached hydrogens (primary N) is 1. The molecule has 4 heterocycles. The molecule has 0 spiro atoms. The van der Waals surface area contributed by atoms with Crippen molar-refractivity contribution in [3.05, 3.63) is 52.0 Å². The SMILES string of the molecule is Cn1nc(C2(C)C(=O)Nc3nc(-n4nc(CCC(F)(F)C(F)(F)F)c5ccccc54)nc(N)c32)oc1=O. The molecular formula is C21H17F5N8O3. The van der Waals surface area contributed by atoms with Crippen LogP contribution in [-0.4, -0.2) is 47.5 Å². The average Bonchev–Trinajstić information content (AvgIpc) is 3.44. The van der Waals surface area contributed by atoms with Gasteiger partial charge in [-0.25, -0.2) is 4.79 Å². The van der Waals surface area contributed by atoms with Gasteiger partial charge in [-0.15, -0.1) is 5.10 Å². The molecule has 194 valence electrons. The maximum absolute atomic E-state index is 13.6. The lowest BCUT2D eigenvalue weighted by molar-refractivity contribution is -0.284. The van der Waals surface area contributed by atoms with E-state index in [2.05, 4.69) is 25.5 Å². The number of benzene rings is 1. The molecule has 37 heavy (non-hydrogen) atoms. The average molecular weight is 524 g/mol. The fraction of sp³-hybridized carbons (Fsp3) is 0.333. The Hall–Kier alpha value is -4.37. The van der Waals surface area contributed by atoms with Gasteiger partial charge in [0.15, 0.2) is 5.41 Å². The van der Waals surface area contributed by atoms with Crippen LogP contribution in [0.5, 0.6) is 0 Å². The molecule has 1 atom stereocenters. The third kappa shape index (κ3) is 3.62. The molecule has 0 aliphatic carbocycles. The Labute approximate surface area is 203 Å². The van der Waals surface area contributed by atoms with Crippen LogP contribution in [0.2, 0.25) is 0 Å². The molecule has 11 nitrogen and oxygen atoms in total. The number of aromatic nitrogens is 6. The van der Waals surface area contributed by atoms with Gasteiger partial charge in [-0.2, -0.15) is 46.4 Å². The van der Waals surface area contributed by atoms with Gasteiger partial charge in [0.2, 0.25) is 11.8 Å². The number of hydrogen-bond donors (Lipinski definition) is 2. The summed E-state index contributed by atoms with van der Waals surface area (Å²) in [6, 6.07) is 6.24. The summed E-state index contributed by atoms with van der Waals surface area (Å²) in [6.07, 6.45) is -7.89. The highest BCUT2D eigenvalue weighted by molar-refractivity contribution is 6.08. The van der Waals surface area contributed by atoms with Gasteiger partial charge >= 0.3 is 17.9 Å². The second kappa shape index (κ2) is 7.81. The van der Waals surface area contributed by atoms with Crippen LogP contribution in [0, 0.1) is 0 Å². The Balaban J connectivity index is 1.59. The number of nitrogen functional groups attached to an aromatic ring is 1. The minimum atomic E-state index is -5.69. The van der Waals surface area contributed by atoms with Crippen LogP contribution < -0.4 is 16.8 Å². The molecule has 5 rings (SSSR count). The van der Waals surface area contributed by atoms with Crippen LogP contribution >= 0.6 is 0 Å². The number of rotatable bonds is 5. The van der Waals surface area contributed by atoms with Gasteiger partial charge < -0.3 is 15.5 Å². The number of nitrogens with one attached hydrogen (secondary N) is 1. The number of hydrogen-bond acceptors (Lipinski definition) is 8. The zero-order valence-electron chi connectivity index (χ0n) is 19.1. The van der Waals surface area contributed by atoms with Gasteiger partial charge in [0.25, 0.3) is 5.95 Å². The number of aryl methyl sites for hydroxylation is 2. The van der Waals surface area contributed by atoms with E-state index in [0.717, 1.165) is 9.36 Å². The van der Waals surface area contributed by atoms with E-state index >= 15 is 0 Å². The second-order valence-electron chi connectivity index (χ2n) is 8.59. The molecule has 3 aromatic heterocycles. The number of nitrogens with zero attached hydrogens (tertiary/aromatic N) is 6. The van der Waals surface area contributed by atoms with Crippen molar-refractivity contribution in [3.8, 4) is 5.95 Å². The van der Waals surface area contributed by atoms with Crippen LogP contribution in [0.25, 0.3) is 16.9 Å². The van der Waals surface area contributed by atoms with Gasteiger partial charge in [-0.1, -0.05) is 18.2 Å². The van der Waals surface area contributed by atoms with E-state index < -0.39 is 42.0 Å². The van der Waals surface area contributed by atoms with Crippen LogP contribution in [0.4, 0.5) is 33.6 Å². The first kappa shape index (κ1) is 24.3. The number of alkyl halides is 5. The van der Waals surface area contributed by atoms with Crippen molar-refractivity contribution < 1.29 is 31.2 Å². The molecule has 1 unspecified atom stereocenters. The summed E-state index contributed by atoms with van der Waals surface area (Å²) in [5, 5.41) is 11.0. The molecule has 0 radical (unpaired) electrons. The number of para-hydroxylation sites is 1. The van der Waals surface area contributed by atoms with E-state index in [1.165, 1.54) is 20.0 Å². The van der Waals surface area contributed by atoms with Gasteiger partial charge in [0, 0.05) is 18.9 Å². The predicted octanol–water partition coefficient (Wildman–Crippen LogP) is 2.47. The standard InChI is InChI=1S/C21H17F5N8O3/c1-19(16-32-33(2)18(36)37-16)12-13(27)28-17(30-14(12)29-15(19)35)34-11-6-4-3-5-9(11)10(31-34)7-8-20(22,23)21(24,25)26/h3-6H,7-8H2,1-2H3,(H3,27,28,29,30,35). The Kier molecular flexibility index (Phi) is 5.14. The largest absolute Gasteiger partial charge is 0.453 e. The number of carbonyl (C=O) groups is 1.